The van der Waals surface area contributed by atoms with Gasteiger partial charge >= 0.3 is 0 Å². The summed E-state index contributed by atoms with van der Waals surface area (Å²) in [5.74, 6) is -0.441. The van der Waals surface area contributed by atoms with Crippen LogP contribution in [0.5, 0.6) is 0 Å². The summed E-state index contributed by atoms with van der Waals surface area (Å²) in [7, 11) is -1.84. The summed E-state index contributed by atoms with van der Waals surface area (Å²) in [4.78, 5) is 0.134. The molecule has 0 bridgehead atoms. The van der Waals surface area contributed by atoms with E-state index >= 15 is 0 Å². The smallest absolute Gasteiger partial charge is 0.243 e. The molecule has 5 nitrogen and oxygen atoms in total. The molecule has 1 fully saturated rings. The van der Waals surface area contributed by atoms with Gasteiger partial charge in [-0.3, -0.25) is 4.68 Å². The first-order valence-corrected chi connectivity index (χ1v) is 9.18. The largest absolute Gasteiger partial charge is 0.275 e. The fraction of sp³-hybridized carbons (Fsp3) is 0.438. The van der Waals surface area contributed by atoms with E-state index < -0.39 is 15.8 Å². The maximum atomic E-state index is 13.1. The average Bonchev–Trinajstić information content (AvgIpc) is 2.80. The number of aryl methyl sites for hydroxylation is 1. The van der Waals surface area contributed by atoms with E-state index in [0.717, 1.165) is 31.2 Å². The summed E-state index contributed by atoms with van der Waals surface area (Å²) in [6.07, 6.45) is 7.18. The predicted octanol–water partition coefficient (Wildman–Crippen LogP) is 2.87. The number of hydrogen-bond donors (Lipinski definition) is 0. The van der Waals surface area contributed by atoms with E-state index in [1.165, 1.54) is 24.3 Å². The molecular weight excluding hydrogens is 317 g/mol. The Morgan fingerprint density at radius 2 is 1.91 bits per heavy atom. The Morgan fingerprint density at radius 3 is 2.57 bits per heavy atom. The van der Waals surface area contributed by atoms with Gasteiger partial charge in [0.2, 0.25) is 10.0 Å². The third kappa shape index (κ3) is 3.30. The van der Waals surface area contributed by atoms with Crippen LogP contribution < -0.4 is 0 Å². The van der Waals surface area contributed by atoms with Crippen LogP contribution in [0.1, 0.15) is 37.3 Å². The van der Waals surface area contributed by atoms with Crippen LogP contribution in [-0.4, -0.2) is 29.0 Å². The molecule has 0 radical (unpaired) electrons. The number of nitrogens with zero attached hydrogens (tertiary/aromatic N) is 3. The molecule has 0 aliphatic carbocycles. The Bertz CT molecular complexity index is 771. The van der Waals surface area contributed by atoms with E-state index in [4.69, 9.17) is 0 Å². The van der Waals surface area contributed by atoms with Crippen molar-refractivity contribution in [2.24, 2.45) is 7.05 Å². The highest BCUT2D eigenvalue weighted by Crippen LogP contribution is 2.34. The van der Waals surface area contributed by atoms with Crippen LogP contribution in [0.3, 0.4) is 0 Å². The van der Waals surface area contributed by atoms with Gasteiger partial charge in [0.15, 0.2) is 0 Å². The number of sulfonamides is 1. The van der Waals surface area contributed by atoms with Gasteiger partial charge in [-0.25, -0.2) is 12.8 Å². The van der Waals surface area contributed by atoms with E-state index in [9.17, 15) is 12.8 Å². The third-order valence-electron chi connectivity index (χ3n) is 4.23. The van der Waals surface area contributed by atoms with Crippen molar-refractivity contribution in [3.63, 3.8) is 0 Å². The molecule has 1 aromatic carbocycles. The van der Waals surface area contributed by atoms with Crippen LogP contribution in [0, 0.1) is 5.82 Å². The number of halogens is 1. The predicted molar refractivity (Wildman–Crippen MR) is 84.7 cm³/mol. The van der Waals surface area contributed by atoms with E-state index in [-0.39, 0.29) is 10.9 Å². The number of aromatic nitrogens is 2. The highest BCUT2D eigenvalue weighted by Gasteiger charge is 2.33. The molecule has 124 valence electrons. The highest BCUT2D eigenvalue weighted by molar-refractivity contribution is 7.89. The van der Waals surface area contributed by atoms with Crippen molar-refractivity contribution in [3.8, 4) is 0 Å². The number of benzene rings is 1. The molecular formula is C16H20FN3O2S. The van der Waals surface area contributed by atoms with Gasteiger partial charge in [0.05, 0.1) is 17.1 Å². The lowest BCUT2D eigenvalue weighted by molar-refractivity contribution is 0.329. The zero-order valence-corrected chi connectivity index (χ0v) is 13.8. The van der Waals surface area contributed by atoms with Gasteiger partial charge in [-0.05, 0) is 37.1 Å². The van der Waals surface area contributed by atoms with Gasteiger partial charge in [-0.15, -0.1) is 0 Å². The molecule has 1 atom stereocenters. The first-order valence-electron chi connectivity index (χ1n) is 7.74. The third-order valence-corrected chi connectivity index (χ3v) is 6.16. The van der Waals surface area contributed by atoms with Crippen LogP contribution in [0.2, 0.25) is 0 Å². The normalized spacial score (nSPS) is 20.3. The fourth-order valence-electron chi connectivity index (χ4n) is 3.06. The number of rotatable bonds is 3. The van der Waals surface area contributed by atoms with Gasteiger partial charge in [-0.1, -0.05) is 12.8 Å². The molecule has 2 aromatic rings. The van der Waals surface area contributed by atoms with Gasteiger partial charge in [0.1, 0.15) is 5.82 Å². The summed E-state index contributed by atoms with van der Waals surface area (Å²) in [6.45, 7) is 0.471. The Labute approximate surface area is 135 Å². The Hall–Kier alpha value is -1.73. The lowest BCUT2D eigenvalue weighted by atomic mass is 10.1. The van der Waals surface area contributed by atoms with E-state index in [2.05, 4.69) is 5.10 Å². The van der Waals surface area contributed by atoms with E-state index in [1.54, 1.807) is 15.2 Å². The standard InChI is InChI=1S/C16H20FN3O2S/c1-19-12-13(11-18-19)16-5-3-2-4-10-20(16)23(21,22)15-8-6-14(17)7-9-15/h6-9,11-12,16H,2-5,10H2,1H3. The maximum absolute atomic E-state index is 13.1. The molecule has 3 rings (SSSR count). The fourth-order valence-corrected chi connectivity index (χ4v) is 4.74. The quantitative estimate of drug-likeness (QED) is 0.865. The molecule has 1 aliphatic heterocycles. The zero-order valence-electron chi connectivity index (χ0n) is 13.0. The molecule has 1 aromatic heterocycles. The van der Waals surface area contributed by atoms with Crippen LogP contribution in [0.4, 0.5) is 4.39 Å². The lowest BCUT2D eigenvalue weighted by Gasteiger charge is -2.28. The zero-order chi connectivity index (χ0) is 16.4. The van der Waals surface area contributed by atoms with E-state index in [1.807, 2.05) is 13.2 Å². The second kappa shape index (κ2) is 6.41. The van der Waals surface area contributed by atoms with Crippen molar-refractivity contribution < 1.29 is 12.8 Å². The van der Waals surface area contributed by atoms with Crippen molar-refractivity contribution in [2.75, 3.05) is 6.54 Å². The summed E-state index contributed by atoms with van der Waals surface area (Å²) >= 11 is 0. The summed E-state index contributed by atoms with van der Waals surface area (Å²) in [6, 6.07) is 4.81. The highest BCUT2D eigenvalue weighted by atomic mass is 32.2. The Morgan fingerprint density at radius 1 is 1.17 bits per heavy atom. The maximum Gasteiger partial charge on any atom is 0.243 e. The summed E-state index contributed by atoms with van der Waals surface area (Å²) in [5, 5.41) is 4.17. The van der Waals surface area contributed by atoms with Crippen LogP contribution >= 0.6 is 0 Å². The minimum atomic E-state index is -3.66. The average molecular weight is 337 g/mol. The molecule has 0 amide bonds. The van der Waals surface area contributed by atoms with Crippen molar-refractivity contribution in [1.29, 1.82) is 0 Å². The molecule has 7 heteroatoms. The SMILES string of the molecule is Cn1cc(C2CCCCCN2S(=O)(=O)c2ccc(F)cc2)cn1. The van der Waals surface area contributed by atoms with Crippen molar-refractivity contribution in [1.82, 2.24) is 14.1 Å². The first-order chi connectivity index (χ1) is 11.0. The van der Waals surface area contributed by atoms with Crippen LogP contribution in [0.15, 0.2) is 41.6 Å². The van der Waals surface area contributed by atoms with Crippen LogP contribution in [-0.2, 0) is 17.1 Å². The van der Waals surface area contributed by atoms with Crippen molar-refractivity contribution in [3.05, 3.63) is 48.0 Å². The molecule has 0 spiro atoms. The molecule has 0 saturated carbocycles. The molecule has 1 unspecified atom stereocenters. The summed E-state index contributed by atoms with van der Waals surface area (Å²) in [5.41, 5.74) is 0.903. The summed E-state index contributed by atoms with van der Waals surface area (Å²) < 4.78 is 42.4. The number of hydrogen-bond acceptors (Lipinski definition) is 3. The Balaban J connectivity index is 2.00. The first kappa shape index (κ1) is 16.1. The lowest BCUT2D eigenvalue weighted by Crippen LogP contribution is -2.34. The van der Waals surface area contributed by atoms with Gasteiger partial charge in [0, 0.05) is 25.4 Å². The van der Waals surface area contributed by atoms with E-state index in [0.29, 0.717) is 6.54 Å². The van der Waals surface area contributed by atoms with Gasteiger partial charge < -0.3 is 0 Å². The van der Waals surface area contributed by atoms with Crippen LogP contribution in [0.25, 0.3) is 0 Å². The minimum Gasteiger partial charge on any atom is -0.275 e. The van der Waals surface area contributed by atoms with Gasteiger partial charge in [-0.2, -0.15) is 9.40 Å². The molecule has 1 aliphatic rings. The van der Waals surface area contributed by atoms with Gasteiger partial charge in [0.25, 0.3) is 0 Å². The van der Waals surface area contributed by atoms with Crippen molar-refractivity contribution >= 4 is 10.0 Å². The van der Waals surface area contributed by atoms with Crippen molar-refractivity contribution in [2.45, 2.75) is 36.6 Å². The second-order valence-corrected chi connectivity index (χ2v) is 7.77. The Kier molecular flexibility index (Phi) is 4.50. The molecule has 2 heterocycles. The monoisotopic (exact) mass is 337 g/mol. The molecule has 1 saturated heterocycles. The topological polar surface area (TPSA) is 55.2 Å². The minimum absolute atomic E-state index is 0.134. The second-order valence-electron chi connectivity index (χ2n) is 5.88. The molecule has 0 N–H and O–H groups in total. The molecule has 23 heavy (non-hydrogen) atoms.